The summed E-state index contributed by atoms with van der Waals surface area (Å²) in [6, 6.07) is 8.09. The molecule has 2 heterocycles. The van der Waals surface area contributed by atoms with Gasteiger partial charge >= 0.3 is 5.97 Å². The normalized spacial score (nSPS) is 11.0. The number of fused-ring (bicyclic) bond motifs is 1. The molecule has 2 aromatic heterocycles. The second-order valence-corrected chi connectivity index (χ2v) is 5.49. The van der Waals surface area contributed by atoms with Crippen molar-refractivity contribution < 1.29 is 9.90 Å². The Morgan fingerprint density at radius 2 is 2.16 bits per heavy atom. The van der Waals surface area contributed by atoms with E-state index in [1.165, 1.54) is 16.9 Å². The summed E-state index contributed by atoms with van der Waals surface area (Å²) in [6.45, 7) is 2.05. The molecule has 0 unspecified atom stereocenters. The first-order valence-electron chi connectivity index (χ1n) is 5.89. The summed E-state index contributed by atoms with van der Waals surface area (Å²) in [7, 11) is 0. The Bertz CT molecular complexity index is 726. The van der Waals surface area contributed by atoms with E-state index in [4.69, 9.17) is 5.11 Å². The molecule has 0 aliphatic carbocycles. The average molecular weight is 272 g/mol. The number of carboxylic acid groups (broad SMARTS) is 1. The van der Waals surface area contributed by atoms with Crippen LogP contribution in [0, 0.1) is 6.92 Å². The van der Waals surface area contributed by atoms with Gasteiger partial charge in [-0.1, -0.05) is 24.3 Å². The highest BCUT2D eigenvalue weighted by Gasteiger charge is 2.11. The average Bonchev–Trinajstić information content (AvgIpc) is 2.86. The predicted octanol–water partition coefficient (Wildman–Crippen LogP) is 3.00. The molecule has 0 saturated carbocycles. The lowest BCUT2D eigenvalue weighted by Gasteiger charge is -2.00. The summed E-state index contributed by atoms with van der Waals surface area (Å²) < 4.78 is 1.89. The monoisotopic (exact) mass is 272 g/mol. The number of rotatable bonds is 3. The van der Waals surface area contributed by atoms with Crippen molar-refractivity contribution in [1.82, 2.24) is 9.38 Å². The van der Waals surface area contributed by atoms with Gasteiger partial charge in [-0.05, 0) is 12.5 Å². The van der Waals surface area contributed by atoms with Gasteiger partial charge in [-0.3, -0.25) is 9.20 Å². The number of aliphatic carboxylic acids is 1. The summed E-state index contributed by atoms with van der Waals surface area (Å²) in [4.78, 5) is 16.9. The molecule has 19 heavy (non-hydrogen) atoms. The van der Waals surface area contributed by atoms with E-state index in [0.717, 1.165) is 21.1 Å². The highest BCUT2D eigenvalue weighted by Crippen LogP contribution is 2.26. The Labute approximate surface area is 114 Å². The van der Waals surface area contributed by atoms with Crippen LogP contribution in [0.5, 0.6) is 0 Å². The van der Waals surface area contributed by atoms with Gasteiger partial charge in [0.2, 0.25) is 0 Å². The van der Waals surface area contributed by atoms with Crippen molar-refractivity contribution in [3.8, 4) is 11.3 Å². The SMILES string of the molecule is Cc1ccccc1-c1cn2cc(CC(=O)O)sc2n1. The number of nitrogens with zero attached hydrogens (tertiary/aromatic N) is 2. The van der Waals surface area contributed by atoms with Gasteiger partial charge < -0.3 is 5.11 Å². The van der Waals surface area contributed by atoms with Crippen LogP contribution in [0.15, 0.2) is 36.7 Å². The summed E-state index contributed by atoms with van der Waals surface area (Å²) >= 11 is 1.42. The fourth-order valence-corrected chi connectivity index (χ4v) is 3.02. The number of aromatic nitrogens is 2. The first-order valence-corrected chi connectivity index (χ1v) is 6.70. The highest BCUT2D eigenvalue weighted by atomic mass is 32.1. The molecule has 0 saturated heterocycles. The Kier molecular flexibility index (Phi) is 2.83. The van der Waals surface area contributed by atoms with Crippen LogP contribution in [0.4, 0.5) is 0 Å². The molecule has 5 heteroatoms. The summed E-state index contributed by atoms with van der Waals surface area (Å²) in [5, 5.41) is 8.78. The topological polar surface area (TPSA) is 54.6 Å². The number of carboxylic acids is 1. The molecule has 0 amide bonds. The first kappa shape index (κ1) is 11.9. The number of imidazole rings is 1. The molecular formula is C14H12N2O2S. The number of benzene rings is 1. The van der Waals surface area contributed by atoms with E-state index in [2.05, 4.69) is 18.0 Å². The summed E-state index contributed by atoms with van der Waals surface area (Å²) in [5.41, 5.74) is 3.21. The van der Waals surface area contributed by atoms with Gasteiger partial charge in [0, 0.05) is 22.8 Å². The predicted molar refractivity (Wildman–Crippen MR) is 74.6 cm³/mol. The highest BCUT2D eigenvalue weighted by molar-refractivity contribution is 7.17. The maximum atomic E-state index is 10.7. The first-order chi connectivity index (χ1) is 9.13. The number of aryl methyl sites for hydroxylation is 1. The maximum absolute atomic E-state index is 10.7. The van der Waals surface area contributed by atoms with Crippen molar-refractivity contribution in [1.29, 1.82) is 0 Å². The van der Waals surface area contributed by atoms with Crippen LogP contribution in [0.3, 0.4) is 0 Å². The molecule has 1 N–H and O–H groups in total. The number of thiazole rings is 1. The van der Waals surface area contributed by atoms with Gasteiger partial charge in [-0.15, -0.1) is 11.3 Å². The molecule has 0 fully saturated rings. The Morgan fingerprint density at radius 3 is 2.84 bits per heavy atom. The van der Waals surface area contributed by atoms with Gasteiger partial charge in [-0.2, -0.15) is 0 Å². The fourth-order valence-electron chi connectivity index (χ4n) is 2.06. The van der Waals surface area contributed by atoms with E-state index in [1.54, 1.807) is 0 Å². The third-order valence-corrected chi connectivity index (χ3v) is 3.95. The van der Waals surface area contributed by atoms with E-state index in [-0.39, 0.29) is 6.42 Å². The van der Waals surface area contributed by atoms with Crippen LogP contribution in [-0.4, -0.2) is 20.5 Å². The number of hydrogen-bond acceptors (Lipinski definition) is 3. The lowest BCUT2D eigenvalue weighted by Crippen LogP contribution is -1.97. The molecular weight excluding hydrogens is 260 g/mol. The van der Waals surface area contributed by atoms with Crippen LogP contribution in [-0.2, 0) is 11.2 Å². The molecule has 3 aromatic rings. The van der Waals surface area contributed by atoms with Gasteiger partial charge in [-0.25, -0.2) is 4.98 Å². The van der Waals surface area contributed by atoms with Crippen LogP contribution in [0.25, 0.3) is 16.2 Å². The Morgan fingerprint density at radius 1 is 1.37 bits per heavy atom. The zero-order valence-electron chi connectivity index (χ0n) is 10.3. The molecule has 3 rings (SSSR count). The third-order valence-electron chi connectivity index (χ3n) is 2.95. The molecule has 0 radical (unpaired) electrons. The standard InChI is InChI=1S/C14H12N2O2S/c1-9-4-2-3-5-11(9)12-8-16-7-10(6-13(17)18)19-14(16)15-12/h2-5,7-8H,6H2,1H3,(H,17,18). The molecule has 0 atom stereocenters. The van der Waals surface area contributed by atoms with Gasteiger partial charge in [0.05, 0.1) is 12.1 Å². The Balaban J connectivity index is 2.02. The lowest BCUT2D eigenvalue weighted by molar-refractivity contribution is -0.136. The Hall–Kier alpha value is -2.14. The molecule has 0 aliphatic heterocycles. The van der Waals surface area contributed by atoms with E-state index in [1.807, 2.05) is 35.0 Å². The van der Waals surface area contributed by atoms with Gasteiger partial charge in [0.15, 0.2) is 4.96 Å². The third kappa shape index (κ3) is 2.24. The van der Waals surface area contributed by atoms with Crippen molar-refractivity contribution in [2.24, 2.45) is 0 Å². The van der Waals surface area contributed by atoms with Crippen molar-refractivity contribution in [2.45, 2.75) is 13.3 Å². The van der Waals surface area contributed by atoms with Crippen molar-refractivity contribution >= 4 is 22.3 Å². The minimum Gasteiger partial charge on any atom is -0.481 e. The minimum atomic E-state index is -0.816. The van der Waals surface area contributed by atoms with Crippen molar-refractivity contribution in [3.05, 3.63) is 47.1 Å². The molecule has 0 spiro atoms. The zero-order valence-corrected chi connectivity index (χ0v) is 11.1. The largest absolute Gasteiger partial charge is 0.481 e. The quantitative estimate of drug-likeness (QED) is 0.797. The van der Waals surface area contributed by atoms with Crippen molar-refractivity contribution in [2.75, 3.05) is 0 Å². The number of carbonyl (C=O) groups is 1. The van der Waals surface area contributed by atoms with Crippen LogP contribution >= 0.6 is 11.3 Å². The van der Waals surface area contributed by atoms with Gasteiger partial charge in [0.25, 0.3) is 0 Å². The maximum Gasteiger partial charge on any atom is 0.308 e. The molecule has 0 bridgehead atoms. The smallest absolute Gasteiger partial charge is 0.308 e. The van der Waals surface area contributed by atoms with E-state index in [9.17, 15) is 4.79 Å². The van der Waals surface area contributed by atoms with Crippen LogP contribution < -0.4 is 0 Å². The minimum absolute atomic E-state index is 0.0493. The van der Waals surface area contributed by atoms with E-state index < -0.39 is 5.97 Å². The molecule has 1 aromatic carbocycles. The van der Waals surface area contributed by atoms with Gasteiger partial charge in [0.1, 0.15) is 0 Å². The molecule has 96 valence electrons. The molecule has 4 nitrogen and oxygen atoms in total. The summed E-state index contributed by atoms with van der Waals surface area (Å²) in [5.74, 6) is -0.816. The zero-order chi connectivity index (χ0) is 13.4. The summed E-state index contributed by atoms with van der Waals surface area (Å²) in [6.07, 6.45) is 3.83. The lowest BCUT2D eigenvalue weighted by atomic mass is 10.1. The molecule has 0 aliphatic rings. The second-order valence-electron chi connectivity index (χ2n) is 4.40. The number of hydrogen-bond donors (Lipinski definition) is 1. The van der Waals surface area contributed by atoms with Crippen LogP contribution in [0.1, 0.15) is 10.4 Å². The van der Waals surface area contributed by atoms with E-state index in [0.29, 0.717) is 0 Å². The van der Waals surface area contributed by atoms with Crippen molar-refractivity contribution in [3.63, 3.8) is 0 Å². The fraction of sp³-hybridized carbons (Fsp3) is 0.143. The second kappa shape index (κ2) is 4.51. The van der Waals surface area contributed by atoms with Crippen LogP contribution in [0.2, 0.25) is 0 Å². The van der Waals surface area contributed by atoms with E-state index >= 15 is 0 Å².